The van der Waals surface area contributed by atoms with Gasteiger partial charge in [0.2, 0.25) is 5.91 Å². The van der Waals surface area contributed by atoms with Gasteiger partial charge < -0.3 is 19.9 Å². The van der Waals surface area contributed by atoms with Crippen LogP contribution in [0.1, 0.15) is 35.8 Å². The molecule has 0 aliphatic carbocycles. The van der Waals surface area contributed by atoms with Crippen molar-refractivity contribution in [3.05, 3.63) is 66.1 Å². The van der Waals surface area contributed by atoms with Crippen molar-refractivity contribution in [3.8, 4) is 17.0 Å². The molecule has 0 spiro atoms. The minimum Gasteiger partial charge on any atom is -0.497 e. The molecule has 2 amide bonds. The average Bonchev–Trinajstić information content (AvgIpc) is 3.27. The quantitative estimate of drug-likeness (QED) is 0.404. The summed E-state index contributed by atoms with van der Waals surface area (Å²) in [5, 5.41) is 4.74. The fraction of sp³-hybridized carbons (Fsp3) is 0.240. The molecule has 3 aromatic heterocycles. The minimum absolute atomic E-state index is 0.00686. The summed E-state index contributed by atoms with van der Waals surface area (Å²) in [6, 6.07) is 12.4. The Morgan fingerprint density at radius 1 is 1.18 bits per heavy atom. The molecule has 0 unspecified atom stereocenters. The Labute approximate surface area is 196 Å². The highest BCUT2D eigenvalue weighted by atomic mass is 16.5. The van der Waals surface area contributed by atoms with Crippen molar-refractivity contribution in [2.75, 3.05) is 18.6 Å². The zero-order valence-corrected chi connectivity index (χ0v) is 19.0. The van der Waals surface area contributed by atoms with Crippen LogP contribution in [0, 0.1) is 0 Å². The van der Waals surface area contributed by atoms with Crippen molar-refractivity contribution >= 4 is 28.6 Å². The molecule has 0 fully saturated rings. The Kier molecular flexibility index (Phi) is 6.82. The summed E-state index contributed by atoms with van der Waals surface area (Å²) in [5.41, 5.74) is 8.60. The molecule has 0 saturated heterocycles. The van der Waals surface area contributed by atoms with Crippen molar-refractivity contribution in [3.63, 3.8) is 0 Å². The van der Waals surface area contributed by atoms with Gasteiger partial charge >= 0.3 is 0 Å². The van der Waals surface area contributed by atoms with Gasteiger partial charge in [0.25, 0.3) is 11.6 Å². The van der Waals surface area contributed by atoms with Gasteiger partial charge in [-0.3, -0.25) is 14.6 Å². The van der Waals surface area contributed by atoms with E-state index in [4.69, 9.17) is 15.0 Å². The van der Waals surface area contributed by atoms with Gasteiger partial charge in [-0.15, -0.1) is 0 Å². The lowest BCUT2D eigenvalue weighted by atomic mass is 10.0. The van der Waals surface area contributed by atoms with E-state index in [1.54, 1.807) is 55.9 Å². The van der Waals surface area contributed by atoms with Gasteiger partial charge in [-0.25, -0.2) is 4.98 Å². The Bertz CT molecular complexity index is 1300. The number of carbonyl (C=O) groups excluding carboxylic acids is 2. The van der Waals surface area contributed by atoms with Crippen LogP contribution in [0.15, 0.2) is 59.4 Å². The van der Waals surface area contributed by atoms with Crippen LogP contribution in [0.3, 0.4) is 0 Å². The van der Waals surface area contributed by atoms with Crippen molar-refractivity contribution in [2.24, 2.45) is 5.73 Å². The van der Waals surface area contributed by atoms with E-state index in [0.717, 1.165) is 12.0 Å². The number of carbonyl (C=O) groups is 2. The number of primary amides is 1. The first-order chi connectivity index (χ1) is 16.5. The fourth-order valence-electron chi connectivity index (χ4n) is 3.73. The van der Waals surface area contributed by atoms with Crippen LogP contribution in [0.2, 0.25) is 0 Å². The number of aryl methyl sites for hydroxylation is 1. The number of nitrogens with two attached hydrogens (primary N) is 1. The topological polar surface area (TPSA) is 124 Å². The van der Waals surface area contributed by atoms with Crippen LogP contribution in [0.4, 0.5) is 5.69 Å². The van der Waals surface area contributed by atoms with Gasteiger partial charge in [0.05, 0.1) is 29.4 Å². The Morgan fingerprint density at radius 2 is 1.97 bits per heavy atom. The maximum Gasteiger partial charge on any atom is 0.259 e. The zero-order chi connectivity index (χ0) is 24.1. The number of aromatic nitrogens is 3. The van der Waals surface area contributed by atoms with Crippen molar-refractivity contribution in [1.29, 1.82) is 0 Å². The third-order valence-corrected chi connectivity index (χ3v) is 5.40. The van der Waals surface area contributed by atoms with Crippen molar-refractivity contribution in [2.45, 2.75) is 26.2 Å². The molecular formula is C25H25N5O4. The van der Waals surface area contributed by atoms with Crippen molar-refractivity contribution in [1.82, 2.24) is 15.1 Å². The van der Waals surface area contributed by atoms with E-state index >= 15 is 0 Å². The van der Waals surface area contributed by atoms with E-state index in [2.05, 4.69) is 15.1 Å². The summed E-state index contributed by atoms with van der Waals surface area (Å²) in [6.45, 7) is 2.14. The second-order valence-corrected chi connectivity index (χ2v) is 7.73. The van der Waals surface area contributed by atoms with Crippen LogP contribution in [-0.4, -0.2) is 40.6 Å². The average molecular weight is 460 g/mol. The molecule has 0 aliphatic heterocycles. The number of fused-ring (bicyclic) bond motifs is 1. The monoisotopic (exact) mass is 459 g/mol. The summed E-state index contributed by atoms with van der Waals surface area (Å²) in [4.78, 5) is 35.8. The number of ether oxygens (including phenoxy) is 1. The second kappa shape index (κ2) is 10.1. The summed E-state index contributed by atoms with van der Waals surface area (Å²) in [5.74, 6) is -0.163. The van der Waals surface area contributed by atoms with Crippen LogP contribution in [0.5, 0.6) is 5.75 Å². The molecule has 0 bridgehead atoms. The molecule has 9 heteroatoms. The van der Waals surface area contributed by atoms with Crippen LogP contribution in [-0.2, 0) is 11.2 Å². The lowest BCUT2D eigenvalue weighted by molar-refractivity contribution is -0.117. The molecule has 2 N–H and O–H groups in total. The molecule has 4 rings (SSSR count). The standard InChI is InChI=1S/C25H25N5O4/c1-3-5-20-23-19(14-21(28-24(23)34-29-20)16-6-4-12-27-15-16)25(32)30(13-11-22(26)31)17-7-9-18(33-2)10-8-17/h4,6-10,12,14-15H,3,5,11,13H2,1-2H3,(H2,26,31). The Hall–Kier alpha value is -4.27. The Morgan fingerprint density at radius 3 is 2.62 bits per heavy atom. The van der Waals surface area contributed by atoms with Crippen LogP contribution < -0.4 is 15.4 Å². The maximum absolute atomic E-state index is 14.0. The molecule has 9 nitrogen and oxygen atoms in total. The molecular weight excluding hydrogens is 434 g/mol. The van der Waals surface area contributed by atoms with Gasteiger partial charge in [-0.2, -0.15) is 0 Å². The molecule has 0 aliphatic rings. The second-order valence-electron chi connectivity index (χ2n) is 7.73. The van der Waals surface area contributed by atoms with E-state index in [1.165, 1.54) is 4.90 Å². The molecule has 34 heavy (non-hydrogen) atoms. The van der Waals surface area contributed by atoms with E-state index in [9.17, 15) is 9.59 Å². The van der Waals surface area contributed by atoms with E-state index in [0.29, 0.717) is 40.2 Å². The number of rotatable bonds is 9. The minimum atomic E-state index is -0.501. The number of hydrogen-bond donors (Lipinski definition) is 1. The number of anilines is 1. The number of hydrogen-bond acceptors (Lipinski definition) is 7. The number of benzene rings is 1. The fourth-order valence-corrected chi connectivity index (χ4v) is 3.73. The molecule has 4 aromatic rings. The predicted octanol–water partition coefficient (Wildman–Crippen LogP) is 3.77. The third-order valence-electron chi connectivity index (χ3n) is 5.40. The van der Waals surface area contributed by atoms with Gasteiger partial charge in [0, 0.05) is 36.6 Å². The van der Waals surface area contributed by atoms with E-state index in [-0.39, 0.29) is 24.6 Å². The van der Waals surface area contributed by atoms with Gasteiger partial charge in [0.15, 0.2) is 0 Å². The summed E-state index contributed by atoms with van der Waals surface area (Å²) in [6.07, 6.45) is 4.79. The first-order valence-corrected chi connectivity index (χ1v) is 11.0. The molecule has 174 valence electrons. The largest absolute Gasteiger partial charge is 0.497 e. The van der Waals surface area contributed by atoms with Gasteiger partial charge in [-0.1, -0.05) is 18.5 Å². The van der Waals surface area contributed by atoms with E-state index < -0.39 is 5.91 Å². The summed E-state index contributed by atoms with van der Waals surface area (Å²) in [7, 11) is 1.57. The Balaban J connectivity index is 1.86. The molecule has 3 heterocycles. The van der Waals surface area contributed by atoms with Crippen LogP contribution >= 0.6 is 0 Å². The lowest BCUT2D eigenvalue weighted by Crippen LogP contribution is -2.34. The highest BCUT2D eigenvalue weighted by Gasteiger charge is 2.26. The predicted molar refractivity (Wildman–Crippen MR) is 128 cm³/mol. The molecule has 1 aromatic carbocycles. The summed E-state index contributed by atoms with van der Waals surface area (Å²) >= 11 is 0. The number of nitrogens with zero attached hydrogens (tertiary/aromatic N) is 4. The van der Waals surface area contributed by atoms with Gasteiger partial charge in [-0.05, 0) is 48.9 Å². The number of methoxy groups -OCH3 is 1. The highest BCUT2D eigenvalue weighted by molar-refractivity contribution is 6.14. The maximum atomic E-state index is 14.0. The molecule has 0 saturated carbocycles. The zero-order valence-electron chi connectivity index (χ0n) is 19.0. The van der Waals surface area contributed by atoms with E-state index in [1.807, 2.05) is 13.0 Å². The SMILES string of the molecule is CCCc1noc2nc(-c3cccnc3)cc(C(=O)N(CCC(N)=O)c3ccc(OC)cc3)c12. The third kappa shape index (κ3) is 4.73. The first-order valence-electron chi connectivity index (χ1n) is 11.0. The van der Waals surface area contributed by atoms with Crippen molar-refractivity contribution < 1.29 is 18.8 Å². The number of pyridine rings is 2. The first kappa shape index (κ1) is 22.9. The normalized spacial score (nSPS) is 10.9. The molecule has 0 atom stereocenters. The lowest BCUT2D eigenvalue weighted by Gasteiger charge is -2.23. The number of amides is 2. The van der Waals surface area contributed by atoms with Crippen LogP contribution in [0.25, 0.3) is 22.4 Å². The molecule has 0 radical (unpaired) electrons. The van der Waals surface area contributed by atoms with Gasteiger partial charge in [0.1, 0.15) is 5.75 Å². The smallest absolute Gasteiger partial charge is 0.259 e. The highest BCUT2D eigenvalue weighted by Crippen LogP contribution is 2.30. The summed E-state index contributed by atoms with van der Waals surface area (Å²) < 4.78 is 10.8.